The largest absolute Gasteiger partial charge is 0.510 e. The smallest absolute Gasteiger partial charge is 0.432 e. The summed E-state index contributed by atoms with van der Waals surface area (Å²) in [7, 11) is -4.39. The van der Waals surface area contributed by atoms with Crippen molar-refractivity contribution in [3.63, 3.8) is 0 Å². The van der Waals surface area contributed by atoms with Gasteiger partial charge in [-0.3, -0.25) is 9.05 Å². The standard InChI is InChI=1S/C18H22FN6O8P/c1-9(2)30-15(26)28-8-29-34(27)31-11-4-17(11)14(32-34)16(3,19)18(6-20,33-17)10-5-22-13-12(21)23-7-24-25(10)13/h5,7,9,11,13-14,22H,4,8H2,1-3H3,(H2,21,23,24)/t11?,13?,14-,16+,17?,18-,34?/m0/s1. The Morgan fingerprint density at radius 3 is 3.00 bits per heavy atom. The van der Waals surface area contributed by atoms with Crippen LogP contribution in [-0.4, -0.2) is 71.5 Å². The van der Waals surface area contributed by atoms with Crippen LogP contribution in [0, 0.1) is 11.3 Å². The summed E-state index contributed by atoms with van der Waals surface area (Å²) in [6.07, 6.45) is -1.98. The average Bonchev–Trinajstić information content (AvgIpc) is 3.17. The fourth-order valence-electron chi connectivity index (χ4n) is 4.49. The van der Waals surface area contributed by atoms with Crippen LogP contribution in [0.1, 0.15) is 27.2 Å². The number of nitriles is 1. The van der Waals surface area contributed by atoms with Gasteiger partial charge in [0.25, 0.3) is 0 Å². The highest BCUT2D eigenvalue weighted by Crippen LogP contribution is 2.73. The summed E-state index contributed by atoms with van der Waals surface area (Å²) in [5.41, 5.74) is -0.240. The number of rotatable bonds is 5. The molecule has 2 saturated heterocycles. The number of nitrogens with zero attached hydrogens (tertiary/aromatic N) is 4. The Morgan fingerprint density at radius 2 is 2.29 bits per heavy atom. The number of phosphoric ester groups is 1. The van der Waals surface area contributed by atoms with Gasteiger partial charge in [-0.2, -0.15) is 10.4 Å². The van der Waals surface area contributed by atoms with Crippen molar-refractivity contribution in [1.82, 2.24) is 10.3 Å². The quantitative estimate of drug-likeness (QED) is 0.311. The van der Waals surface area contributed by atoms with E-state index in [1.807, 2.05) is 6.07 Å². The van der Waals surface area contributed by atoms with E-state index in [0.29, 0.717) is 0 Å². The van der Waals surface area contributed by atoms with Crippen LogP contribution in [0.3, 0.4) is 0 Å². The zero-order valence-electron chi connectivity index (χ0n) is 18.3. The minimum atomic E-state index is -4.39. The summed E-state index contributed by atoms with van der Waals surface area (Å²) in [5.74, 6) is 0.154. The summed E-state index contributed by atoms with van der Waals surface area (Å²) in [5, 5.41) is 18.4. The van der Waals surface area contributed by atoms with E-state index in [1.54, 1.807) is 13.8 Å². The average molecular weight is 500 g/mol. The van der Waals surface area contributed by atoms with E-state index in [-0.39, 0.29) is 18.0 Å². The molecule has 16 heteroatoms. The molecular weight excluding hydrogens is 478 g/mol. The van der Waals surface area contributed by atoms with E-state index < -0.39 is 62.1 Å². The normalized spacial score (nSPS) is 43.6. The summed E-state index contributed by atoms with van der Waals surface area (Å²) in [6, 6.07) is 1.92. The zero-order valence-corrected chi connectivity index (χ0v) is 19.2. The summed E-state index contributed by atoms with van der Waals surface area (Å²) in [4.78, 5) is 15.4. The van der Waals surface area contributed by atoms with Crippen molar-refractivity contribution in [2.45, 2.75) is 68.5 Å². The predicted octanol–water partition coefficient (Wildman–Crippen LogP) is 0.964. The topological polar surface area (TPSA) is 179 Å². The number of aliphatic imine (C=N–C) groups is 1. The maximum atomic E-state index is 16.6. The zero-order chi connectivity index (χ0) is 24.5. The summed E-state index contributed by atoms with van der Waals surface area (Å²) < 4.78 is 61.1. The Labute approximate surface area is 193 Å². The number of hydrogen-bond acceptors (Lipinski definition) is 14. The fraction of sp³-hybridized carbons (Fsp3) is 0.667. The molecule has 0 radical (unpaired) electrons. The minimum Gasteiger partial charge on any atom is -0.432 e. The van der Waals surface area contributed by atoms with Crippen LogP contribution in [0.25, 0.3) is 0 Å². The van der Waals surface area contributed by atoms with Gasteiger partial charge in [-0.1, -0.05) is 0 Å². The summed E-state index contributed by atoms with van der Waals surface area (Å²) >= 11 is 0. The number of ether oxygens (including phenoxy) is 3. The third kappa shape index (κ3) is 3.14. The SMILES string of the molecule is CC(C)OC(=O)OCOP1(=O)OC2CC23O[C@@](C#N)(C2=CNC4C(N)=NC=NN24)[C@](C)(F)[C@@H]3O1. The Balaban J connectivity index is 1.37. The highest BCUT2D eigenvalue weighted by atomic mass is 31.2. The van der Waals surface area contributed by atoms with Gasteiger partial charge in [-0.05, 0) is 20.8 Å². The molecule has 0 amide bonds. The fourth-order valence-corrected chi connectivity index (χ4v) is 6.05. The maximum absolute atomic E-state index is 16.6. The van der Waals surface area contributed by atoms with Crippen molar-refractivity contribution >= 4 is 26.2 Å². The molecule has 1 spiro atoms. The predicted molar refractivity (Wildman–Crippen MR) is 109 cm³/mol. The Bertz CT molecular complexity index is 1110. The number of halogens is 1. The van der Waals surface area contributed by atoms with Gasteiger partial charge < -0.3 is 25.3 Å². The number of hydrazone groups is 1. The van der Waals surface area contributed by atoms with E-state index in [1.165, 1.54) is 17.5 Å². The molecule has 1 saturated carbocycles. The number of hydrogen-bond donors (Lipinski definition) is 2. The lowest BCUT2D eigenvalue weighted by Crippen LogP contribution is -2.56. The van der Waals surface area contributed by atoms with Gasteiger partial charge in [0.1, 0.15) is 41.7 Å². The van der Waals surface area contributed by atoms with Crippen molar-refractivity contribution in [3.05, 3.63) is 11.9 Å². The lowest BCUT2D eigenvalue weighted by atomic mass is 9.81. The lowest BCUT2D eigenvalue weighted by Gasteiger charge is -2.37. The number of nitrogens with one attached hydrogen (secondary N) is 1. The molecule has 0 aromatic heterocycles. The number of carbonyl (C=O) groups excluding carboxylic acids is 1. The molecule has 7 atom stereocenters. The number of carbonyl (C=O) groups is 1. The first-order valence-corrected chi connectivity index (χ1v) is 11.8. The van der Waals surface area contributed by atoms with E-state index >= 15 is 4.39 Å². The first kappa shape index (κ1) is 23.0. The number of phosphoric acid groups is 1. The Hall–Kier alpha value is -2.76. The van der Waals surface area contributed by atoms with Crippen LogP contribution in [0.4, 0.5) is 9.18 Å². The lowest BCUT2D eigenvalue weighted by molar-refractivity contribution is -0.0896. The number of alkyl halides is 1. The molecule has 184 valence electrons. The minimum absolute atomic E-state index is 0.0349. The van der Waals surface area contributed by atoms with Crippen LogP contribution < -0.4 is 11.1 Å². The molecule has 1 aliphatic carbocycles. The molecular formula is C18H22FN6O8P. The van der Waals surface area contributed by atoms with Crippen molar-refractivity contribution in [2.75, 3.05) is 6.79 Å². The van der Waals surface area contributed by atoms with E-state index in [9.17, 15) is 14.6 Å². The molecule has 4 unspecified atom stereocenters. The molecule has 0 aromatic rings. The van der Waals surface area contributed by atoms with Gasteiger partial charge in [-0.25, -0.2) is 28.3 Å². The van der Waals surface area contributed by atoms with Gasteiger partial charge in [0.05, 0.1) is 6.10 Å². The van der Waals surface area contributed by atoms with E-state index in [2.05, 4.69) is 20.1 Å². The number of nitrogens with two attached hydrogens (primary N) is 1. The van der Waals surface area contributed by atoms with Crippen LogP contribution in [-0.2, 0) is 32.3 Å². The Morgan fingerprint density at radius 1 is 1.53 bits per heavy atom. The third-order valence-electron chi connectivity index (χ3n) is 6.12. The van der Waals surface area contributed by atoms with Gasteiger partial charge in [-0.15, -0.1) is 0 Å². The molecule has 4 heterocycles. The number of fused-ring (bicyclic) bond motifs is 1. The first-order chi connectivity index (χ1) is 16.0. The van der Waals surface area contributed by atoms with Gasteiger partial charge in [0, 0.05) is 12.6 Å². The van der Waals surface area contributed by atoms with E-state index in [4.69, 9.17) is 28.8 Å². The first-order valence-electron chi connectivity index (χ1n) is 10.3. The molecule has 3 fully saturated rings. The van der Waals surface area contributed by atoms with Crippen molar-refractivity contribution in [1.29, 1.82) is 5.26 Å². The molecule has 14 nitrogen and oxygen atoms in total. The highest BCUT2D eigenvalue weighted by Gasteiger charge is 2.85. The van der Waals surface area contributed by atoms with Crippen molar-refractivity contribution in [2.24, 2.45) is 15.8 Å². The molecule has 5 aliphatic rings. The van der Waals surface area contributed by atoms with Crippen LogP contribution >= 0.6 is 7.82 Å². The maximum Gasteiger partial charge on any atom is 0.510 e. The second-order valence-corrected chi connectivity index (χ2v) is 10.3. The van der Waals surface area contributed by atoms with Crippen LogP contribution in [0.5, 0.6) is 0 Å². The molecule has 4 aliphatic heterocycles. The molecule has 0 aromatic carbocycles. The Kier molecular flexibility index (Phi) is 4.98. The molecule has 34 heavy (non-hydrogen) atoms. The van der Waals surface area contributed by atoms with E-state index in [0.717, 1.165) is 6.92 Å². The van der Waals surface area contributed by atoms with Crippen molar-refractivity contribution < 1.29 is 41.5 Å². The molecule has 0 bridgehead atoms. The number of amidine groups is 1. The highest BCUT2D eigenvalue weighted by molar-refractivity contribution is 7.48. The monoisotopic (exact) mass is 500 g/mol. The molecule has 5 rings (SSSR count). The van der Waals surface area contributed by atoms with Crippen molar-refractivity contribution in [3.8, 4) is 6.07 Å². The summed E-state index contributed by atoms with van der Waals surface area (Å²) in [6.45, 7) is 3.51. The van der Waals surface area contributed by atoms with Crippen LogP contribution in [0.15, 0.2) is 22.0 Å². The second kappa shape index (κ2) is 7.37. The second-order valence-electron chi connectivity index (χ2n) is 8.69. The van der Waals surface area contributed by atoms with Gasteiger partial charge in [0.15, 0.2) is 11.8 Å². The van der Waals surface area contributed by atoms with Crippen LogP contribution in [0.2, 0.25) is 0 Å². The molecule has 3 N–H and O–H groups in total. The third-order valence-corrected chi connectivity index (χ3v) is 7.52. The van der Waals surface area contributed by atoms with Gasteiger partial charge in [0.2, 0.25) is 12.4 Å². The van der Waals surface area contributed by atoms with Gasteiger partial charge >= 0.3 is 14.0 Å².